The predicted molar refractivity (Wildman–Crippen MR) is 54.3 cm³/mol. The smallest absolute Gasteiger partial charge is 0.337 e. The number of thiophene rings is 1. The second kappa shape index (κ2) is 4.75. The summed E-state index contributed by atoms with van der Waals surface area (Å²) in [7, 11) is 0. The van der Waals surface area contributed by atoms with Crippen LogP contribution in [0.2, 0.25) is 0 Å². The first-order valence-electron chi connectivity index (χ1n) is 4.29. The van der Waals surface area contributed by atoms with E-state index >= 15 is 0 Å². The second-order valence-corrected chi connectivity index (χ2v) is 4.01. The zero-order valence-corrected chi connectivity index (χ0v) is 8.84. The number of carboxylic acid groups (broad SMARTS) is 2. The van der Waals surface area contributed by atoms with E-state index in [1.165, 1.54) is 11.3 Å². The van der Waals surface area contributed by atoms with Gasteiger partial charge < -0.3 is 15.0 Å². The summed E-state index contributed by atoms with van der Waals surface area (Å²) in [4.78, 5) is 22.7. The van der Waals surface area contributed by atoms with Crippen molar-refractivity contribution in [2.45, 2.75) is 13.3 Å². The Kier molecular flexibility index (Phi) is 3.62. The lowest BCUT2D eigenvalue weighted by Crippen LogP contribution is -2.28. The molecule has 0 spiro atoms. The maximum atomic E-state index is 10.5. The predicted octanol–water partition coefficient (Wildman–Crippen LogP) is 0.528. The maximum Gasteiger partial charge on any atom is 0.337 e. The molecule has 1 aromatic rings. The van der Waals surface area contributed by atoms with Crippen LogP contribution in [-0.2, 0) is 16.0 Å². The molecule has 0 unspecified atom stereocenters. The highest BCUT2D eigenvalue weighted by Crippen LogP contribution is 2.19. The first-order valence-corrected chi connectivity index (χ1v) is 5.11. The highest BCUT2D eigenvalue weighted by Gasteiger charge is 2.08. The molecule has 0 bridgehead atoms. The minimum Gasteiger partial charge on any atom is -0.545 e. The van der Waals surface area contributed by atoms with Crippen LogP contribution in [0.25, 0.3) is 6.08 Å². The number of carbonyl (C=O) groups excluding carboxylic acids is 1. The Hall–Kier alpha value is -1.62. The van der Waals surface area contributed by atoms with E-state index < -0.39 is 17.5 Å². The Morgan fingerprint density at radius 1 is 1.53 bits per heavy atom. The molecule has 1 N–H and O–H groups in total. The summed E-state index contributed by atoms with van der Waals surface area (Å²) in [6.45, 7) is 1.97. The summed E-state index contributed by atoms with van der Waals surface area (Å²) in [5, 5.41) is 19.1. The first-order chi connectivity index (χ1) is 7.04. The van der Waals surface area contributed by atoms with Crippen molar-refractivity contribution in [2.24, 2.45) is 0 Å². The molecule has 0 aliphatic carbocycles. The molecule has 5 heteroatoms. The summed E-state index contributed by atoms with van der Waals surface area (Å²) in [6.07, 6.45) is 1.95. The van der Waals surface area contributed by atoms with Crippen LogP contribution in [0.4, 0.5) is 0 Å². The lowest BCUT2D eigenvalue weighted by Gasteiger charge is -2.01. The fraction of sp³-hybridized carbons (Fsp3) is 0.200. The molecule has 0 atom stereocenters. The molecule has 1 aromatic heterocycles. The Bertz CT molecular complexity index is 401. The number of hydrogen-bond acceptors (Lipinski definition) is 4. The molecule has 4 nitrogen and oxygen atoms in total. The summed E-state index contributed by atoms with van der Waals surface area (Å²) in [6, 6.07) is 3.53. The molecule has 0 aliphatic rings. The Morgan fingerprint density at radius 2 is 2.20 bits per heavy atom. The van der Waals surface area contributed by atoms with Gasteiger partial charge in [0.2, 0.25) is 0 Å². The molecule has 0 amide bonds. The van der Waals surface area contributed by atoms with Crippen LogP contribution in [0.3, 0.4) is 0 Å². The molecule has 0 fully saturated rings. The van der Waals surface area contributed by atoms with Gasteiger partial charge in [0.05, 0.1) is 11.5 Å². The van der Waals surface area contributed by atoms with Crippen molar-refractivity contribution < 1.29 is 19.8 Å². The Morgan fingerprint density at radius 3 is 2.60 bits per heavy atom. The Labute approximate surface area is 90.5 Å². The highest BCUT2D eigenvalue weighted by molar-refractivity contribution is 7.12. The van der Waals surface area contributed by atoms with Crippen molar-refractivity contribution in [3.8, 4) is 0 Å². The number of carboxylic acids is 2. The van der Waals surface area contributed by atoms with Gasteiger partial charge in [-0.3, -0.25) is 0 Å². The van der Waals surface area contributed by atoms with E-state index in [9.17, 15) is 14.7 Å². The minimum atomic E-state index is -1.67. The lowest BCUT2D eigenvalue weighted by atomic mass is 10.2. The van der Waals surface area contributed by atoms with Gasteiger partial charge in [0.1, 0.15) is 0 Å². The van der Waals surface area contributed by atoms with Crippen molar-refractivity contribution in [3.05, 3.63) is 27.5 Å². The third-order valence-electron chi connectivity index (χ3n) is 1.77. The summed E-state index contributed by atoms with van der Waals surface area (Å²) < 4.78 is 0. The van der Waals surface area contributed by atoms with Crippen molar-refractivity contribution in [1.82, 2.24) is 0 Å². The molecule has 1 heterocycles. The van der Waals surface area contributed by atoms with Gasteiger partial charge in [0.15, 0.2) is 0 Å². The lowest BCUT2D eigenvalue weighted by molar-refractivity contribution is -0.298. The number of rotatable bonds is 4. The van der Waals surface area contributed by atoms with E-state index in [1.807, 2.05) is 13.0 Å². The quantitative estimate of drug-likeness (QED) is 0.460. The van der Waals surface area contributed by atoms with Gasteiger partial charge in [0.25, 0.3) is 0 Å². The van der Waals surface area contributed by atoms with E-state index in [0.29, 0.717) is 4.88 Å². The van der Waals surface area contributed by atoms with Crippen molar-refractivity contribution in [3.63, 3.8) is 0 Å². The largest absolute Gasteiger partial charge is 0.545 e. The molecule has 0 aliphatic heterocycles. The number of hydrogen-bond donors (Lipinski definition) is 1. The first kappa shape index (κ1) is 11.5. The molecule has 0 saturated carbocycles. The maximum absolute atomic E-state index is 10.5. The van der Waals surface area contributed by atoms with Gasteiger partial charge in [-0.1, -0.05) is 6.92 Å². The van der Waals surface area contributed by atoms with Crippen molar-refractivity contribution in [2.75, 3.05) is 0 Å². The average molecular weight is 225 g/mol. The molecular weight excluding hydrogens is 216 g/mol. The second-order valence-electron chi connectivity index (χ2n) is 2.81. The molecule has 0 aromatic carbocycles. The van der Waals surface area contributed by atoms with Crippen LogP contribution >= 0.6 is 11.3 Å². The molecule has 0 radical (unpaired) electrons. The van der Waals surface area contributed by atoms with Gasteiger partial charge in [-0.25, -0.2) is 4.79 Å². The van der Waals surface area contributed by atoms with Crippen LogP contribution in [0.15, 0.2) is 17.7 Å². The normalized spacial score (nSPS) is 11.4. The molecule has 80 valence electrons. The van der Waals surface area contributed by atoms with Gasteiger partial charge in [-0.15, -0.1) is 11.3 Å². The van der Waals surface area contributed by atoms with E-state index in [-0.39, 0.29) is 0 Å². The van der Waals surface area contributed by atoms with Gasteiger partial charge in [-0.05, 0) is 24.6 Å². The van der Waals surface area contributed by atoms with Gasteiger partial charge in [-0.2, -0.15) is 0 Å². The molecule has 15 heavy (non-hydrogen) atoms. The molecule has 1 rings (SSSR count). The number of carbonyl (C=O) groups is 2. The summed E-state index contributed by atoms with van der Waals surface area (Å²) >= 11 is 1.37. The molecular formula is C10H9O4S-. The minimum absolute atomic E-state index is 0.605. The monoisotopic (exact) mass is 225 g/mol. The van der Waals surface area contributed by atoms with Crippen LogP contribution in [0.5, 0.6) is 0 Å². The zero-order chi connectivity index (χ0) is 11.4. The average Bonchev–Trinajstić information content (AvgIpc) is 2.60. The van der Waals surface area contributed by atoms with Gasteiger partial charge in [0, 0.05) is 9.75 Å². The topological polar surface area (TPSA) is 77.4 Å². The highest BCUT2D eigenvalue weighted by atomic mass is 32.1. The molecule has 0 saturated heterocycles. The fourth-order valence-electron chi connectivity index (χ4n) is 1.01. The van der Waals surface area contributed by atoms with Crippen LogP contribution in [0, 0.1) is 0 Å². The standard InChI is InChI=1S/C10H10O4S/c1-2-6-3-4-7(15-6)5-8(9(11)12)10(13)14/h3-5H,2H2,1H3,(H,11,12)(H,13,14)/p-1. The van der Waals surface area contributed by atoms with E-state index in [4.69, 9.17) is 5.11 Å². The van der Waals surface area contributed by atoms with Crippen molar-refractivity contribution in [1.29, 1.82) is 0 Å². The Balaban J connectivity index is 3.02. The van der Waals surface area contributed by atoms with Crippen LogP contribution < -0.4 is 5.11 Å². The third-order valence-corrected chi connectivity index (χ3v) is 2.94. The zero-order valence-electron chi connectivity index (χ0n) is 8.02. The SMILES string of the molecule is CCc1ccc(/C=C(/C(=O)[O-])C(=O)O)s1. The number of aryl methyl sites for hydroxylation is 1. The van der Waals surface area contributed by atoms with Gasteiger partial charge >= 0.3 is 5.97 Å². The van der Waals surface area contributed by atoms with Crippen molar-refractivity contribution >= 4 is 29.4 Å². The third kappa shape index (κ3) is 2.92. The summed E-state index contributed by atoms with van der Waals surface area (Å²) in [5.41, 5.74) is -0.723. The van der Waals surface area contributed by atoms with Crippen LogP contribution in [0.1, 0.15) is 16.7 Å². The fourth-order valence-corrected chi connectivity index (χ4v) is 1.91. The van der Waals surface area contributed by atoms with E-state index in [2.05, 4.69) is 0 Å². The van der Waals surface area contributed by atoms with Crippen LogP contribution in [-0.4, -0.2) is 17.0 Å². The summed E-state index contributed by atoms with van der Waals surface area (Å²) in [5.74, 6) is -3.16. The van der Waals surface area contributed by atoms with E-state index in [0.717, 1.165) is 17.4 Å². The number of aliphatic carboxylic acids is 2. The van der Waals surface area contributed by atoms with E-state index in [1.54, 1.807) is 6.07 Å².